The summed E-state index contributed by atoms with van der Waals surface area (Å²) in [5.41, 5.74) is 1.81. The third-order valence-electron chi connectivity index (χ3n) is 7.53. The molecule has 39 heavy (non-hydrogen) atoms. The van der Waals surface area contributed by atoms with Gasteiger partial charge in [0.05, 0.1) is 30.8 Å². The molecule has 0 bridgehead atoms. The Hall–Kier alpha value is -3.30. The fourth-order valence-electron chi connectivity index (χ4n) is 5.53. The highest BCUT2D eigenvalue weighted by Gasteiger charge is 2.40. The number of methoxy groups -OCH3 is 2. The fraction of sp³-hybridized carbons (Fsp3) is 0.483. The summed E-state index contributed by atoms with van der Waals surface area (Å²) in [6.07, 6.45) is 2.90. The van der Waals surface area contributed by atoms with Crippen LogP contribution in [-0.2, 0) is 9.53 Å². The van der Waals surface area contributed by atoms with Crippen LogP contribution < -0.4 is 19.1 Å². The second kappa shape index (κ2) is 12.3. The van der Waals surface area contributed by atoms with Crippen LogP contribution in [-0.4, -0.2) is 76.2 Å². The lowest BCUT2D eigenvalue weighted by molar-refractivity contribution is -0.142. The first-order valence-electron chi connectivity index (χ1n) is 13.1. The molecule has 0 amide bonds. The Labute approximate surface area is 233 Å². The van der Waals surface area contributed by atoms with Crippen LogP contribution in [0.4, 0.5) is 5.69 Å². The maximum atomic E-state index is 13.6. The van der Waals surface area contributed by atoms with Crippen LogP contribution in [0.25, 0.3) is 0 Å². The van der Waals surface area contributed by atoms with E-state index in [4.69, 9.17) is 30.5 Å². The van der Waals surface area contributed by atoms with Gasteiger partial charge in [0.2, 0.25) is 0 Å². The molecule has 4 rings (SSSR count). The highest BCUT2D eigenvalue weighted by atomic mass is 35.5. The van der Waals surface area contributed by atoms with Crippen LogP contribution in [0.2, 0.25) is 5.02 Å². The standard InChI is InChI=1S/C29H35ClN2O7/c1-17(33)26-24(36-4)15-25(37-5)27(21-10-13-31(3)23(21)16-38-18(2)34)28(26)39-29(35)20-9-8-19(14-22(20)30)32-11-6-7-12-32/h8-9,14-15,21,23H,6-7,10-13,16H2,1-5H3/t21-,23+/m0/s1. The van der Waals surface area contributed by atoms with Crippen molar-refractivity contribution in [3.8, 4) is 17.2 Å². The normalized spacial score (nSPS) is 19.2. The van der Waals surface area contributed by atoms with Crippen molar-refractivity contribution < 1.29 is 33.3 Å². The molecule has 0 unspecified atom stereocenters. The van der Waals surface area contributed by atoms with Gasteiger partial charge in [-0.05, 0) is 58.0 Å². The molecule has 210 valence electrons. The van der Waals surface area contributed by atoms with Crippen LogP contribution in [0.1, 0.15) is 65.3 Å². The van der Waals surface area contributed by atoms with Gasteiger partial charge in [0, 0.05) is 43.2 Å². The van der Waals surface area contributed by atoms with E-state index in [1.54, 1.807) is 18.2 Å². The number of halogens is 1. The van der Waals surface area contributed by atoms with Crippen molar-refractivity contribution in [2.45, 2.75) is 45.1 Å². The van der Waals surface area contributed by atoms with Crippen molar-refractivity contribution in [3.05, 3.63) is 46.0 Å². The van der Waals surface area contributed by atoms with Crippen LogP contribution >= 0.6 is 11.6 Å². The van der Waals surface area contributed by atoms with Gasteiger partial charge in [0.25, 0.3) is 0 Å². The Balaban J connectivity index is 1.79. The summed E-state index contributed by atoms with van der Waals surface area (Å²) in [4.78, 5) is 42.4. The van der Waals surface area contributed by atoms with Gasteiger partial charge in [-0.15, -0.1) is 0 Å². The molecule has 0 aromatic heterocycles. The number of anilines is 1. The Morgan fingerprint density at radius 2 is 1.69 bits per heavy atom. The summed E-state index contributed by atoms with van der Waals surface area (Å²) >= 11 is 6.57. The molecule has 0 radical (unpaired) electrons. The first kappa shape index (κ1) is 28.7. The van der Waals surface area contributed by atoms with Crippen molar-refractivity contribution in [2.75, 3.05) is 52.4 Å². The Kier molecular flexibility index (Phi) is 9.02. The third-order valence-corrected chi connectivity index (χ3v) is 7.84. The topological polar surface area (TPSA) is 94.6 Å². The quantitative estimate of drug-likeness (QED) is 0.246. The van der Waals surface area contributed by atoms with Crippen LogP contribution in [0, 0.1) is 0 Å². The van der Waals surface area contributed by atoms with Gasteiger partial charge in [-0.3, -0.25) is 14.5 Å². The number of rotatable bonds is 9. The number of carbonyl (C=O) groups excluding carboxylic acids is 3. The SMILES string of the molecule is COc1cc(OC)c([C@H]2CCN(C)[C@@H]2COC(C)=O)c(OC(=O)c2ccc(N3CCCC3)cc2Cl)c1C(C)=O. The average molecular weight is 559 g/mol. The zero-order valence-electron chi connectivity index (χ0n) is 23.0. The first-order valence-corrected chi connectivity index (χ1v) is 13.4. The summed E-state index contributed by atoms with van der Waals surface area (Å²) in [5, 5.41) is 0.263. The van der Waals surface area contributed by atoms with E-state index in [2.05, 4.69) is 9.80 Å². The molecule has 0 saturated carbocycles. The minimum absolute atomic E-state index is 0.0662. The molecule has 2 aliphatic rings. The summed E-state index contributed by atoms with van der Waals surface area (Å²) in [6, 6.07) is 6.67. The minimum atomic E-state index is -0.699. The zero-order valence-corrected chi connectivity index (χ0v) is 23.8. The monoisotopic (exact) mass is 558 g/mol. The Morgan fingerprint density at radius 3 is 2.28 bits per heavy atom. The predicted octanol–water partition coefficient (Wildman–Crippen LogP) is 4.73. The molecule has 2 atom stereocenters. The number of Topliss-reactive ketones (excluding diaryl/α,β-unsaturated/α-hetero) is 1. The second-order valence-electron chi connectivity index (χ2n) is 9.95. The molecule has 10 heteroatoms. The number of hydrogen-bond acceptors (Lipinski definition) is 9. The maximum Gasteiger partial charge on any atom is 0.345 e. The van der Waals surface area contributed by atoms with E-state index in [1.165, 1.54) is 28.1 Å². The lowest BCUT2D eigenvalue weighted by Gasteiger charge is -2.28. The molecular formula is C29H35ClN2O7. The number of carbonyl (C=O) groups is 3. The van der Waals surface area contributed by atoms with Crippen LogP contribution in [0.3, 0.4) is 0 Å². The smallest absolute Gasteiger partial charge is 0.345 e. The number of likely N-dealkylation sites (N-methyl/N-ethyl adjacent to an activating group) is 1. The molecule has 2 aromatic carbocycles. The lowest BCUT2D eigenvalue weighted by atomic mass is 9.87. The number of likely N-dealkylation sites (tertiary alicyclic amines) is 1. The summed E-state index contributed by atoms with van der Waals surface area (Å²) in [5.74, 6) is -0.987. The molecule has 9 nitrogen and oxygen atoms in total. The largest absolute Gasteiger partial charge is 0.496 e. The highest BCUT2D eigenvalue weighted by Crippen LogP contribution is 2.48. The van der Waals surface area contributed by atoms with Gasteiger partial charge >= 0.3 is 11.9 Å². The van der Waals surface area contributed by atoms with Crippen molar-refractivity contribution in [1.29, 1.82) is 0 Å². The summed E-state index contributed by atoms with van der Waals surface area (Å²) in [7, 11) is 4.88. The summed E-state index contributed by atoms with van der Waals surface area (Å²) in [6.45, 7) is 5.48. The molecular weight excluding hydrogens is 524 g/mol. The second-order valence-corrected chi connectivity index (χ2v) is 10.4. The molecule has 2 aromatic rings. The maximum absolute atomic E-state index is 13.6. The fourth-order valence-corrected chi connectivity index (χ4v) is 5.78. The van der Waals surface area contributed by atoms with E-state index in [-0.39, 0.29) is 58.0 Å². The van der Waals surface area contributed by atoms with Crippen molar-refractivity contribution in [3.63, 3.8) is 0 Å². The van der Waals surface area contributed by atoms with Gasteiger partial charge in [0.1, 0.15) is 23.7 Å². The number of ketones is 1. The number of ether oxygens (including phenoxy) is 4. The van der Waals surface area contributed by atoms with Crippen molar-refractivity contribution in [1.82, 2.24) is 4.90 Å². The molecule has 0 N–H and O–H groups in total. The number of esters is 2. The van der Waals surface area contributed by atoms with E-state index in [0.717, 1.165) is 31.6 Å². The van der Waals surface area contributed by atoms with Crippen LogP contribution in [0.5, 0.6) is 17.2 Å². The van der Waals surface area contributed by atoms with Gasteiger partial charge in [0.15, 0.2) is 11.5 Å². The van der Waals surface area contributed by atoms with Gasteiger partial charge in [-0.25, -0.2) is 4.79 Å². The molecule has 2 aliphatic heterocycles. The Morgan fingerprint density at radius 1 is 1.00 bits per heavy atom. The zero-order chi connectivity index (χ0) is 28.3. The van der Waals surface area contributed by atoms with E-state index in [9.17, 15) is 14.4 Å². The lowest BCUT2D eigenvalue weighted by Crippen LogP contribution is -2.34. The first-order chi connectivity index (χ1) is 18.7. The minimum Gasteiger partial charge on any atom is -0.496 e. The van der Waals surface area contributed by atoms with E-state index in [1.807, 2.05) is 13.1 Å². The molecule has 2 fully saturated rings. The van der Waals surface area contributed by atoms with E-state index < -0.39 is 5.97 Å². The predicted molar refractivity (Wildman–Crippen MR) is 148 cm³/mol. The highest BCUT2D eigenvalue weighted by molar-refractivity contribution is 6.34. The molecule has 2 heterocycles. The number of hydrogen-bond donors (Lipinski definition) is 0. The average Bonchev–Trinajstić information content (AvgIpc) is 3.56. The summed E-state index contributed by atoms with van der Waals surface area (Å²) < 4.78 is 22.6. The van der Waals surface area contributed by atoms with E-state index >= 15 is 0 Å². The van der Waals surface area contributed by atoms with Crippen LogP contribution in [0.15, 0.2) is 24.3 Å². The molecule has 0 aliphatic carbocycles. The number of benzene rings is 2. The molecule has 2 saturated heterocycles. The van der Waals surface area contributed by atoms with Crippen molar-refractivity contribution >= 4 is 35.0 Å². The Bertz CT molecular complexity index is 1260. The molecule has 0 spiro atoms. The third kappa shape index (κ3) is 5.99. The van der Waals surface area contributed by atoms with Gasteiger partial charge < -0.3 is 23.8 Å². The van der Waals surface area contributed by atoms with Gasteiger partial charge in [-0.1, -0.05) is 11.6 Å². The number of nitrogens with zero attached hydrogens (tertiary/aromatic N) is 2. The van der Waals surface area contributed by atoms with E-state index in [0.29, 0.717) is 24.3 Å². The van der Waals surface area contributed by atoms with Gasteiger partial charge in [-0.2, -0.15) is 0 Å². The van der Waals surface area contributed by atoms with Crippen molar-refractivity contribution in [2.24, 2.45) is 0 Å².